The van der Waals surface area contributed by atoms with E-state index in [0.717, 1.165) is 0 Å². The Bertz CT molecular complexity index is 314. The SMILES string of the molecule is CNC1CCSc2ccc(Br)cc21. The van der Waals surface area contributed by atoms with Crippen molar-refractivity contribution in [2.24, 2.45) is 0 Å². The third kappa shape index (κ3) is 1.92. The van der Waals surface area contributed by atoms with Crippen molar-refractivity contribution in [1.29, 1.82) is 0 Å². The summed E-state index contributed by atoms with van der Waals surface area (Å²) in [5.74, 6) is 1.22. The quantitative estimate of drug-likeness (QED) is 0.830. The molecule has 0 spiro atoms. The first-order valence-electron chi connectivity index (χ1n) is 4.41. The van der Waals surface area contributed by atoms with Gasteiger partial charge in [-0.2, -0.15) is 0 Å². The fourth-order valence-electron chi connectivity index (χ4n) is 1.67. The number of fused-ring (bicyclic) bond motifs is 1. The maximum Gasteiger partial charge on any atom is 0.0337 e. The highest BCUT2D eigenvalue weighted by Gasteiger charge is 2.18. The summed E-state index contributed by atoms with van der Waals surface area (Å²) in [6, 6.07) is 7.08. The van der Waals surface area contributed by atoms with Crippen molar-refractivity contribution >= 4 is 27.7 Å². The van der Waals surface area contributed by atoms with Crippen LogP contribution in [0.2, 0.25) is 0 Å². The van der Waals surface area contributed by atoms with E-state index in [-0.39, 0.29) is 0 Å². The molecule has 1 aromatic rings. The molecule has 1 aliphatic rings. The number of benzene rings is 1. The summed E-state index contributed by atoms with van der Waals surface area (Å²) < 4.78 is 1.18. The van der Waals surface area contributed by atoms with Gasteiger partial charge in [0.25, 0.3) is 0 Å². The van der Waals surface area contributed by atoms with Crippen LogP contribution >= 0.6 is 27.7 Å². The van der Waals surface area contributed by atoms with Gasteiger partial charge in [-0.15, -0.1) is 11.8 Å². The minimum atomic E-state index is 0.536. The summed E-state index contributed by atoms with van der Waals surface area (Å²) in [6.07, 6.45) is 1.23. The van der Waals surface area contributed by atoms with Gasteiger partial charge >= 0.3 is 0 Å². The van der Waals surface area contributed by atoms with Gasteiger partial charge in [0.1, 0.15) is 0 Å². The van der Waals surface area contributed by atoms with Gasteiger partial charge < -0.3 is 5.32 Å². The molecule has 0 fully saturated rings. The number of halogens is 1. The Morgan fingerprint density at radius 3 is 3.15 bits per heavy atom. The van der Waals surface area contributed by atoms with Crippen molar-refractivity contribution in [2.75, 3.05) is 12.8 Å². The average molecular weight is 258 g/mol. The van der Waals surface area contributed by atoms with Crippen LogP contribution in [-0.4, -0.2) is 12.8 Å². The smallest absolute Gasteiger partial charge is 0.0337 e. The minimum absolute atomic E-state index is 0.536. The fourth-order valence-corrected chi connectivity index (χ4v) is 3.15. The molecule has 0 aliphatic carbocycles. The summed E-state index contributed by atoms with van der Waals surface area (Å²) >= 11 is 5.47. The zero-order chi connectivity index (χ0) is 9.26. The average Bonchev–Trinajstić information content (AvgIpc) is 2.17. The monoisotopic (exact) mass is 257 g/mol. The second-order valence-corrected chi connectivity index (χ2v) is 5.21. The van der Waals surface area contributed by atoms with Gasteiger partial charge in [0.05, 0.1) is 0 Å². The first-order chi connectivity index (χ1) is 6.31. The molecule has 1 aromatic carbocycles. The van der Waals surface area contributed by atoms with E-state index in [4.69, 9.17) is 0 Å². The van der Waals surface area contributed by atoms with E-state index in [2.05, 4.69) is 39.4 Å². The van der Waals surface area contributed by atoms with E-state index < -0.39 is 0 Å². The van der Waals surface area contributed by atoms with E-state index in [9.17, 15) is 0 Å². The zero-order valence-electron chi connectivity index (χ0n) is 7.51. The molecule has 0 saturated heterocycles. The van der Waals surface area contributed by atoms with Crippen LogP contribution in [0.15, 0.2) is 27.6 Å². The summed E-state index contributed by atoms with van der Waals surface area (Å²) in [5.41, 5.74) is 1.44. The van der Waals surface area contributed by atoms with Crippen molar-refractivity contribution in [3.05, 3.63) is 28.2 Å². The molecule has 3 heteroatoms. The highest BCUT2D eigenvalue weighted by molar-refractivity contribution is 9.10. The van der Waals surface area contributed by atoms with E-state index in [1.807, 2.05) is 18.8 Å². The Hall–Kier alpha value is 0.01000. The maximum atomic E-state index is 3.51. The van der Waals surface area contributed by atoms with Gasteiger partial charge in [-0.05, 0) is 43.0 Å². The molecule has 0 saturated carbocycles. The molecular weight excluding hydrogens is 246 g/mol. The first-order valence-corrected chi connectivity index (χ1v) is 6.18. The van der Waals surface area contributed by atoms with E-state index in [0.29, 0.717) is 6.04 Å². The normalized spacial score (nSPS) is 21.2. The molecule has 1 unspecified atom stereocenters. The number of nitrogens with one attached hydrogen (secondary N) is 1. The van der Waals surface area contributed by atoms with Crippen LogP contribution in [0.3, 0.4) is 0 Å². The third-order valence-electron chi connectivity index (χ3n) is 2.36. The van der Waals surface area contributed by atoms with Gasteiger partial charge in [-0.1, -0.05) is 15.9 Å². The standard InChI is InChI=1S/C10H12BrNS/c1-12-9-4-5-13-10-3-2-7(11)6-8(9)10/h2-3,6,9,12H,4-5H2,1H3. The highest BCUT2D eigenvalue weighted by atomic mass is 79.9. The molecule has 70 valence electrons. The Labute approximate surface area is 91.4 Å². The van der Waals surface area contributed by atoms with E-state index in [1.54, 1.807) is 0 Å². The third-order valence-corrected chi connectivity index (χ3v) is 3.98. The van der Waals surface area contributed by atoms with Crippen molar-refractivity contribution in [2.45, 2.75) is 17.4 Å². The Morgan fingerprint density at radius 2 is 2.38 bits per heavy atom. The second-order valence-electron chi connectivity index (χ2n) is 3.16. The molecule has 1 N–H and O–H groups in total. The van der Waals surface area contributed by atoms with E-state index in [1.165, 1.54) is 27.1 Å². The van der Waals surface area contributed by atoms with Gasteiger partial charge in [-0.3, -0.25) is 0 Å². The van der Waals surface area contributed by atoms with Crippen LogP contribution in [0.1, 0.15) is 18.0 Å². The summed E-state index contributed by atoms with van der Waals surface area (Å²) in [7, 11) is 2.03. The van der Waals surface area contributed by atoms with Gasteiger partial charge in [-0.25, -0.2) is 0 Å². The zero-order valence-corrected chi connectivity index (χ0v) is 9.91. The van der Waals surface area contributed by atoms with Crippen molar-refractivity contribution in [1.82, 2.24) is 5.32 Å². The van der Waals surface area contributed by atoms with Crippen LogP contribution in [0.4, 0.5) is 0 Å². The maximum absolute atomic E-state index is 3.51. The van der Waals surface area contributed by atoms with Crippen LogP contribution in [0.5, 0.6) is 0 Å². The Balaban J connectivity index is 2.41. The molecule has 1 aliphatic heterocycles. The molecule has 0 radical (unpaired) electrons. The molecule has 1 atom stereocenters. The van der Waals surface area contributed by atoms with Gasteiger partial charge in [0.2, 0.25) is 0 Å². The molecule has 0 bridgehead atoms. The van der Waals surface area contributed by atoms with E-state index >= 15 is 0 Å². The van der Waals surface area contributed by atoms with Crippen molar-refractivity contribution in [3.63, 3.8) is 0 Å². The minimum Gasteiger partial charge on any atom is -0.313 e. The van der Waals surface area contributed by atoms with Crippen molar-refractivity contribution < 1.29 is 0 Å². The lowest BCUT2D eigenvalue weighted by atomic mass is 10.0. The molecule has 1 heterocycles. The predicted octanol–water partition coefficient (Wildman–Crippen LogP) is 3.21. The lowest BCUT2D eigenvalue weighted by Gasteiger charge is -2.24. The molecule has 0 aromatic heterocycles. The lowest BCUT2D eigenvalue weighted by molar-refractivity contribution is 0.565. The lowest BCUT2D eigenvalue weighted by Crippen LogP contribution is -2.20. The highest BCUT2D eigenvalue weighted by Crippen LogP contribution is 2.37. The Morgan fingerprint density at radius 1 is 1.54 bits per heavy atom. The summed E-state index contributed by atoms with van der Waals surface area (Å²) in [6.45, 7) is 0. The second kappa shape index (κ2) is 4.03. The molecule has 13 heavy (non-hydrogen) atoms. The van der Waals surface area contributed by atoms with Crippen molar-refractivity contribution in [3.8, 4) is 0 Å². The molecule has 1 nitrogen and oxygen atoms in total. The summed E-state index contributed by atoms with van der Waals surface area (Å²) in [5, 5.41) is 3.35. The number of rotatable bonds is 1. The largest absolute Gasteiger partial charge is 0.313 e. The predicted molar refractivity (Wildman–Crippen MR) is 61.3 cm³/mol. The van der Waals surface area contributed by atoms with Crippen LogP contribution in [0.25, 0.3) is 0 Å². The molecule has 2 rings (SSSR count). The van der Waals surface area contributed by atoms with Gasteiger partial charge in [0, 0.05) is 15.4 Å². The molecule has 0 amide bonds. The number of thioether (sulfide) groups is 1. The summed E-state index contributed by atoms with van der Waals surface area (Å²) in [4.78, 5) is 1.42. The Kier molecular flexibility index (Phi) is 2.96. The number of hydrogen-bond donors (Lipinski definition) is 1. The van der Waals surface area contributed by atoms with Gasteiger partial charge in [0.15, 0.2) is 0 Å². The fraction of sp³-hybridized carbons (Fsp3) is 0.400. The van der Waals surface area contributed by atoms with Crippen LogP contribution < -0.4 is 5.32 Å². The topological polar surface area (TPSA) is 12.0 Å². The first kappa shape index (κ1) is 9.56. The molecular formula is C10H12BrNS. The number of hydrogen-bond acceptors (Lipinski definition) is 2. The van der Waals surface area contributed by atoms with Crippen LogP contribution in [0, 0.1) is 0 Å². The van der Waals surface area contributed by atoms with Crippen LogP contribution in [-0.2, 0) is 0 Å².